The van der Waals surface area contributed by atoms with Gasteiger partial charge >= 0.3 is 0 Å². The van der Waals surface area contributed by atoms with Crippen molar-refractivity contribution in [1.29, 1.82) is 0 Å². The number of nitrogens with one attached hydrogen (secondary N) is 2. The number of amides is 2. The number of hydrazine groups is 1. The summed E-state index contributed by atoms with van der Waals surface area (Å²) < 4.78 is 25.4. The maximum Gasteiger partial charge on any atom is 0.226 e. The predicted molar refractivity (Wildman–Crippen MR) is 173 cm³/mol. The van der Waals surface area contributed by atoms with Gasteiger partial charge in [0.15, 0.2) is 0 Å². The van der Waals surface area contributed by atoms with Crippen LogP contribution in [0.25, 0.3) is 0 Å². The molecule has 2 rings (SSSR count). The van der Waals surface area contributed by atoms with Crippen molar-refractivity contribution in [2.75, 3.05) is 26.2 Å². The van der Waals surface area contributed by atoms with E-state index in [4.69, 9.17) is 6.42 Å². The van der Waals surface area contributed by atoms with Gasteiger partial charge in [-0.15, -0.1) is 17.2 Å². The molecule has 5 unspecified atom stereocenters. The monoisotopic (exact) mass is 624 g/mol. The highest BCUT2D eigenvalue weighted by Crippen LogP contribution is 2.35. The van der Waals surface area contributed by atoms with E-state index in [1.165, 1.54) is 6.42 Å². The molecule has 2 amide bonds. The molecule has 0 aromatic heterocycles. The van der Waals surface area contributed by atoms with Gasteiger partial charge in [-0.1, -0.05) is 59.3 Å². The normalized spacial score (nSPS) is 23.1. The van der Waals surface area contributed by atoms with Crippen molar-refractivity contribution in [2.24, 2.45) is 23.7 Å². The Morgan fingerprint density at radius 2 is 1.58 bits per heavy atom. The van der Waals surface area contributed by atoms with Crippen LogP contribution in [0.4, 0.5) is 0 Å². The number of carbonyl (C=O) groups is 2. The largest absolute Gasteiger partial charge is 0.390 e. The van der Waals surface area contributed by atoms with Gasteiger partial charge in [0, 0.05) is 43.9 Å². The molecule has 0 aliphatic heterocycles. The first-order valence-corrected chi connectivity index (χ1v) is 18.5. The van der Waals surface area contributed by atoms with E-state index in [1.807, 2.05) is 11.8 Å². The third-order valence-electron chi connectivity index (χ3n) is 9.13. The van der Waals surface area contributed by atoms with E-state index in [2.05, 4.69) is 29.9 Å². The number of carbonyl (C=O) groups excluding carboxylic acids is 2. The fraction of sp³-hybridized carbons (Fsp3) is 0.879. The molecular weight excluding hydrogens is 564 g/mol. The van der Waals surface area contributed by atoms with E-state index in [9.17, 15) is 23.1 Å². The van der Waals surface area contributed by atoms with E-state index in [1.54, 1.807) is 18.9 Å². The average molecular weight is 625 g/mol. The van der Waals surface area contributed by atoms with Gasteiger partial charge in [0.25, 0.3) is 0 Å². The molecule has 2 aliphatic rings. The molecule has 0 spiro atoms. The lowest BCUT2D eigenvalue weighted by molar-refractivity contribution is -0.139. The van der Waals surface area contributed by atoms with Crippen LogP contribution < -0.4 is 10.1 Å². The van der Waals surface area contributed by atoms with Crippen LogP contribution in [0, 0.1) is 36.0 Å². The SMILES string of the molecule is C#CC1CC(C(=O)NC(CC2CCCCC2)C(O)CN(CCCC)NS(=O)(=O)C(C)C)CC(C(=O)N(CCC)CCC)C1. The number of sulfonamides is 1. The Labute approximate surface area is 262 Å². The molecule has 0 radical (unpaired) electrons. The van der Waals surface area contributed by atoms with Crippen LogP contribution in [-0.4, -0.2) is 78.8 Å². The van der Waals surface area contributed by atoms with E-state index < -0.39 is 33.3 Å². The van der Waals surface area contributed by atoms with Crippen molar-refractivity contribution >= 4 is 21.8 Å². The summed E-state index contributed by atoms with van der Waals surface area (Å²) in [6.45, 7) is 11.3. The summed E-state index contributed by atoms with van der Waals surface area (Å²) in [5.74, 6) is 2.28. The summed E-state index contributed by atoms with van der Waals surface area (Å²) in [5, 5.41) is 15.7. The molecule has 0 saturated heterocycles. The third-order valence-corrected chi connectivity index (χ3v) is 10.9. The summed E-state index contributed by atoms with van der Waals surface area (Å²) in [7, 11) is -3.58. The first kappa shape index (κ1) is 37.5. The van der Waals surface area contributed by atoms with Crippen LogP contribution in [0.2, 0.25) is 0 Å². The summed E-state index contributed by atoms with van der Waals surface area (Å²) in [6.07, 6.45) is 16.1. The van der Waals surface area contributed by atoms with E-state index >= 15 is 0 Å². The van der Waals surface area contributed by atoms with Crippen LogP contribution in [0.15, 0.2) is 0 Å². The average Bonchev–Trinajstić information content (AvgIpc) is 2.98. The lowest BCUT2D eigenvalue weighted by Gasteiger charge is -2.37. The molecule has 3 N–H and O–H groups in total. The molecule has 9 nitrogen and oxygen atoms in total. The molecule has 2 saturated carbocycles. The van der Waals surface area contributed by atoms with Gasteiger partial charge in [-0.3, -0.25) is 9.59 Å². The number of terminal acetylenes is 1. The Morgan fingerprint density at radius 1 is 0.953 bits per heavy atom. The highest BCUT2D eigenvalue weighted by atomic mass is 32.2. The fourth-order valence-electron chi connectivity index (χ4n) is 6.56. The summed E-state index contributed by atoms with van der Waals surface area (Å²) in [5.41, 5.74) is 0. The Kier molecular flexibility index (Phi) is 16.6. The van der Waals surface area contributed by atoms with Gasteiger partial charge in [-0.2, -0.15) is 0 Å². The molecule has 0 heterocycles. The van der Waals surface area contributed by atoms with Crippen molar-refractivity contribution in [3.63, 3.8) is 0 Å². The van der Waals surface area contributed by atoms with Crippen LogP contribution in [0.1, 0.15) is 118 Å². The van der Waals surface area contributed by atoms with Gasteiger partial charge in [0.2, 0.25) is 21.8 Å². The molecule has 0 aromatic carbocycles. The summed E-state index contributed by atoms with van der Waals surface area (Å²) in [6, 6.07) is -0.527. The second-order valence-electron chi connectivity index (χ2n) is 13.2. The molecule has 248 valence electrons. The Balaban J connectivity index is 2.23. The van der Waals surface area contributed by atoms with Gasteiger partial charge in [0.1, 0.15) is 0 Å². The highest BCUT2D eigenvalue weighted by molar-refractivity contribution is 7.90. The van der Waals surface area contributed by atoms with Gasteiger partial charge in [-0.05, 0) is 64.7 Å². The number of rotatable bonds is 18. The topological polar surface area (TPSA) is 119 Å². The minimum absolute atomic E-state index is 0.0748. The first-order chi connectivity index (χ1) is 20.4. The maximum atomic E-state index is 13.8. The van der Waals surface area contributed by atoms with Crippen molar-refractivity contribution in [2.45, 2.75) is 135 Å². The van der Waals surface area contributed by atoms with E-state index in [0.29, 0.717) is 51.2 Å². The van der Waals surface area contributed by atoms with Crippen molar-refractivity contribution in [3.05, 3.63) is 0 Å². The standard InChI is InChI=1S/C33H60N4O5S/c1-7-11-19-37(35-43(41,42)25(5)6)24-31(38)30(22-27-15-13-12-14-16-27)34-32(39)28-20-26(10-4)21-29(23-28)33(40)36(17-8-2)18-9-3/h4,25-31,35,38H,7-9,11-24H2,1-3,5-6H3,(H,34,39). The predicted octanol–water partition coefficient (Wildman–Crippen LogP) is 4.46. The highest BCUT2D eigenvalue weighted by Gasteiger charge is 2.38. The fourth-order valence-corrected chi connectivity index (χ4v) is 7.29. The van der Waals surface area contributed by atoms with Crippen LogP contribution in [-0.2, 0) is 19.6 Å². The minimum Gasteiger partial charge on any atom is -0.390 e. The lowest BCUT2D eigenvalue weighted by Crippen LogP contribution is -2.55. The second kappa shape index (κ2) is 19.0. The first-order valence-electron chi connectivity index (χ1n) is 16.9. The van der Waals surface area contributed by atoms with Crippen molar-refractivity contribution < 1.29 is 23.1 Å². The molecule has 10 heteroatoms. The number of aliphatic hydroxyl groups is 1. The molecule has 0 bridgehead atoms. The zero-order chi connectivity index (χ0) is 32.0. The molecule has 2 aliphatic carbocycles. The molecule has 2 fully saturated rings. The van der Waals surface area contributed by atoms with E-state index in [0.717, 1.165) is 51.4 Å². The molecule has 0 aromatic rings. The number of unbranched alkanes of at least 4 members (excludes halogenated alkanes) is 1. The minimum atomic E-state index is -3.58. The van der Waals surface area contributed by atoms with Gasteiger partial charge in [0.05, 0.1) is 17.4 Å². The number of hydrogen-bond donors (Lipinski definition) is 3. The third kappa shape index (κ3) is 12.3. The quantitative estimate of drug-likeness (QED) is 0.153. The molecule has 43 heavy (non-hydrogen) atoms. The van der Waals surface area contributed by atoms with Gasteiger partial charge in [-0.25, -0.2) is 13.4 Å². The Bertz CT molecular complexity index is 986. The van der Waals surface area contributed by atoms with Crippen molar-refractivity contribution in [3.8, 4) is 12.3 Å². The van der Waals surface area contributed by atoms with Crippen LogP contribution in [0.3, 0.4) is 0 Å². The van der Waals surface area contributed by atoms with Crippen molar-refractivity contribution in [1.82, 2.24) is 20.1 Å². The molecular formula is C33H60N4O5S. The Hall–Kier alpha value is -1.67. The lowest BCUT2D eigenvalue weighted by atomic mass is 9.74. The zero-order valence-corrected chi connectivity index (χ0v) is 28.3. The van der Waals surface area contributed by atoms with Crippen LogP contribution in [0.5, 0.6) is 0 Å². The number of nitrogens with zero attached hydrogens (tertiary/aromatic N) is 2. The van der Waals surface area contributed by atoms with E-state index in [-0.39, 0.29) is 30.2 Å². The zero-order valence-electron chi connectivity index (χ0n) is 27.5. The molecule has 5 atom stereocenters. The second-order valence-corrected chi connectivity index (χ2v) is 15.4. The van der Waals surface area contributed by atoms with Crippen LogP contribution >= 0.6 is 0 Å². The maximum absolute atomic E-state index is 13.8. The number of aliphatic hydroxyl groups excluding tert-OH is 1. The number of hydrogen-bond acceptors (Lipinski definition) is 6. The summed E-state index contributed by atoms with van der Waals surface area (Å²) in [4.78, 5) is 31.9. The van der Waals surface area contributed by atoms with Gasteiger partial charge < -0.3 is 15.3 Å². The smallest absolute Gasteiger partial charge is 0.226 e. The summed E-state index contributed by atoms with van der Waals surface area (Å²) >= 11 is 0. The Morgan fingerprint density at radius 3 is 2.14 bits per heavy atom.